The number of carbonyl (C=O) groups is 2. The van der Waals surface area contributed by atoms with Crippen LogP contribution in [0.25, 0.3) is 0 Å². The van der Waals surface area contributed by atoms with Gasteiger partial charge in [-0.2, -0.15) is 0 Å². The van der Waals surface area contributed by atoms with Crippen LogP contribution in [0.3, 0.4) is 0 Å². The van der Waals surface area contributed by atoms with Crippen LogP contribution in [0.4, 0.5) is 5.69 Å². The Hall–Kier alpha value is -3.92. The Morgan fingerprint density at radius 2 is 1.71 bits per heavy atom. The molecule has 42 heavy (non-hydrogen) atoms. The van der Waals surface area contributed by atoms with Crippen LogP contribution >= 0.6 is 0 Å². The summed E-state index contributed by atoms with van der Waals surface area (Å²) in [7, 11) is 0. The smallest absolute Gasteiger partial charge is 0.227 e. The molecular formula is C33H36N2O7. The number of fused-ring (bicyclic) bond motifs is 3. The van der Waals surface area contributed by atoms with Gasteiger partial charge in [-0.3, -0.25) is 9.59 Å². The summed E-state index contributed by atoms with van der Waals surface area (Å²) in [5.41, 5.74) is 2.64. The minimum Gasteiger partial charge on any atom is -0.487 e. The van der Waals surface area contributed by atoms with Gasteiger partial charge in [0.05, 0.1) is 19.1 Å². The summed E-state index contributed by atoms with van der Waals surface area (Å²) in [5, 5.41) is 16.1. The van der Waals surface area contributed by atoms with Crippen molar-refractivity contribution in [2.45, 2.75) is 56.5 Å². The lowest BCUT2D eigenvalue weighted by Gasteiger charge is -2.37. The number of carbonyl (C=O) groups excluding carboxylic acids is 2. The van der Waals surface area contributed by atoms with Gasteiger partial charge in [-0.05, 0) is 67.3 Å². The first kappa shape index (κ1) is 28.2. The molecule has 2 fully saturated rings. The average molecular weight is 573 g/mol. The number of amides is 2. The molecule has 3 aliphatic rings. The van der Waals surface area contributed by atoms with E-state index in [1.54, 1.807) is 0 Å². The Balaban J connectivity index is 1.04. The molecule has 3 N–H and O–H groups in total. The lowest BCUT2D eigenvalue weighted by atomic mass is 9.84. The molecule has 0 unspecified atom stereocenters. The van der Waals surface area contributed by atoms with E-state index in [1.807, 2.05) is 72.8 Å². The molecule has 3 aliphatic heterocycles. The molecule has 220 valence electrons. The van der Waals surface area contributed by atoms with Crippen molar-refractivity contribution in [3.63, 3.8) is 0 Å². The van der Waals surface area contributed by atoms with Crippen LogP contribution < -0.4 is 20.1 Å². The SMILES string of the molecule is O=C(C[C@H]1C[C@H]2c3cc(NC(=O)C4CCOCC4)ccc3O[C@H]2[C@@H](CO)O1)NCc1ccc(Oc2ccccc2)cc1. The maximum atomic E-state index is 12.9. The van der Waals surface area contributed by atoms with E-state index in [4.69, 9.17) is 18.9 Å². The Morgan fingerprint density at radius 1 is 0.952 bits per heavy atom. The lowest BCUT2D eigenvalue weighted by Crippen LogP contribution is -2.47. The van der Waals surface area contributed by atoms with Crippen molar-refractivity contribution in [2.24, 2.45) is 5.92 Å². The molecule has 0 aliphatic carbocycles. The monoisotopic (exact) mass is 572 g/mol. The summed E-state index contributed by atoms with van der Waals surface area (Å²) >= 11 is 0. The average Bonchev–Trinajstić information content (AvgIpc) is 3.39. The van der Waals surface area contributed by atoms with Crippen LogP contribution in [0.15, 0.2) is 72.8 Å². The maximum absolute atomic E-state index is 12.9. The highest BCUT2D eigenvalue weighted by Crippen LogP contribution is 2.47. The fraction of sp³-hybridized carbons (Fsp3) is 0.394. The lowest BCUT2D eigenvalue weighted by molar-refractivity contribution is -0.142. The Bertz CT molecular complexity index is 1370. The van der Waals surface area contributed by atoms with E-state index >= 15 is 0 Å². The number of ether oxygens (including phenoxy) is 4. The number of nitrogens with one attached hydrogen (secondary N) is 2. The van der Waals surface area contributed by atoms with Crippen LogP contribution in [0, 0.1) is 5.92 Å². The number of hydrogen-bond acceptors (Lipinski definition) is 7. The molecule has 9 nitrogen and oxygen atoms in total. The van der Waals surface area contributed by atoms with Crippen molar-refractivity contribution in [3.8, 4) is 17.2 Å². The first-order valence-electron chi connectivity index (χ1n) is 14.6. The molecule has 0 bridgehead atoms. The highest BCUT2D eigenvalue weighted by atomic mass is 16.6. The molecule has 4 atom stereocenters. The molecule has 0 aromatic heterocycles. The van der Waals surface area contributed by atoms with Crippen LogP contribution in [0.1, 0.15) is 42.7 Å². The second-order valence-corrected chi connectivity index (χ2v) is 11.1. The van der Waals surface area contributed by atoms with Crippen molar-refractivity contribution < 1.29 is 33.6 Å². The van der Waals surface area contributed by atoms with E-state index in [0.29, 0.717) is 26.2 Å². The van der Waals surface area contributed by atoms with Gasteiger partial charge < -0.3 is 34.7 Å². The zero-order valence-corrected chi connectivity index (χ0v) is 23.4. The zero-order chi connectivity index (χ0) is 28.9. The molecule has 3 aromatic carbocycles. The standard InChI is InChI=1S/C33H36N2O7/c36-20-30-32-28(27-16-23(8-11-29(27)42-32)35-33(38)22-12-14-39-15-13-22)17-26(41-30)18-31(37)34-19-21-6-9-25(10-7-21)40-24-4-2-1-3-5-24/h1-11,16,22,26,28,30,32,36H,12-15,17-20H2,(H,34,37)(H,35,38)/t26-,28+,30-,32-/m1/s1. The van der Waals surface area contributed by atoms with E-state index in [-0.39, 0.29) is 48.9 Å². The third kappa shape index (κ3) is 6.59. The normalized spacial score (nSPS) is 23.3. The first-order chi connectivity index (χ1) is 20.6. The number of hydrogen-bond donors (Lipinski definition) is 3. The largest absolute Gasteiger partial charge is 0.487 e. The van der Waals surface area contributed by atoms with E-state index in [0.717, 1.165) is 46.9 Å². The molecule has 2 saturated heterocycles. The van der Waals surface area contributed by atoms with Crippen molar-refractivity contribution in [1.82, 2.24) is 5.32 Å². The van der Waals surface area contributed by atoms with Crippen LogP contribution in [0.5, 0.6) is 17.2 Å². The van der Waals surface area contributed by atoms with Gasteiger partial charge in [0.2, 0.25) is 11.8 Å². The molecule has 6 rings (SSSR count). The van der Waals surface area contributed by atoms with Crippen molar-refractivity contribution in [1.29, 1.82) is 0 Å². The first-order valence-corrected chi connectivity index (χ1v) is 14.6. The van der Waals surface area contributed by atoms with Gasteiger partial charge in [-0.15, -0.1) is 0 Å². The number of rotatable bonds is 9. The third-order valence-electron chi connectivity index (χ3n) is 8.16. The summed E-state index contributed by atoms with van der Waals surface area (Å²) in [6.45, 7) is 1.38. The fourth-order valence-corrected chi connectivity index (χ4v) is 5.95. The Morgan fingerprint density at radius 3 is 2.48 bits per heavy atom. The molecule has 9 heteroatoms. The Kier molecular flexibility index (Phi) is 8.69. The summed E-state index contributed by atoms with van der Waals surface area (Å²) in [5.74, 6) is 1.98. The van der Waals surface area contributed by atoms with E-state index in [9.17, 15) is 14.7 Å². The molecule has 3 heterocycles. The fourth-order valence-electron chi connectivity index (χ4n) is 5.95. The molecular weight excluding hydrogens is 536 g/mol. The summed E-state index contributed by atoms with van der Waals surface area (Å²) in [4.78, 5) is 25.7. The molecule has 0 saturated carbocycles. The van der Waals surface area contributed by atoms with E-state index in [1.165, 1.54) is 0 Å². The number of aliphatic hydroxyl groups excluding tert-OH is 1. The molecule has 0 spiro atoms. The van der Waals surface area contributed by atoms with Gasteiger partial charge in [-0.1, -0.05) is 30.3 Å². The van der Waals surface area contributed by atoms with Gasteiger partial charge in [-0.25, -0.2) is 0 Å². The topological polar surface area (TPSA) is 115 Å². The minimum atomic E-state index is -0.550. The van der Waals surface area contributed by atoms with Crippen LogP contribution in [-0.2, 0) is 25.6 Å². The van der Waals surface area contributed by atoms with Crippen LogP contribution in [0.2, 0.25) is 0 Å². The summed E-state index contributed by atoms with van der Waals surface area (Å²) < 4.78 is 23.5. The highest BCUT2D eigenvalue weighted by molar-refractivity contribution is 5.92. The predicted octanol–water partition coefficient (Wildman–Crippen LogP) is 4.54. The molecule has 3 aromatic rings. The predicted molar refractivity (Wildman–Crippen MR) is 156 cm³/mol. The number of benzene rings is 3. The maximum Gasteiger partial charge on any atom is 0.227 e. The minimum absolute atomic E-state index is 0.00170. The van der Waals surface area contributed by atoms with Gasteiger partial charge in [0, 0.05) is 42.8 Å². The van der Waals surface area contributed by atoms with Gasteiger partial charge in [0.1, 0.15) is 29.5 Å². The summed E-state index contributed by atoms with van der Waals surface area (Å²) in [6.07, 6.45) is 0.916. The number of para-hydroxylation sites is 1. The quantitative estimate of drug-likeness (QED) is 0.345. The van der Waals surface area contributed by atoms with Gasteiger partial charge in [0.25, 0.3) is 0 Å². The van der Waals surface area contributed by atoms with Crippen LogP contribution in [-0.4, -0.2) is 55.1 Å². The van der Waals surface area contributed by atoms with Gasteiger partial charge in [0.15, 0.2) is 0 Å². The number of aliphatic hydroxyl groups is 1. The Labute approximate surface area is 245 Å². The third-order valence-corrected chi connectivity index (χ3v) is 8.16. The van der Waals surface area contributed by atoms with Crippen molar-refractivity contribution in [3.05, 3.63) is 83.9 Å². The van der Waals surface area contributed by atoms with Gasteiger partial charge >= 0.3 is 0 Å². The van der Waals surface area contributed by atoms with Crippen molar-refractivity contribution >= 4 is 17.5 Å². The highest BCUT2D eigenvalue weighted by Gasteiger charge is 2.46. The van der Waals surface area contributed by atoms with Crippen molar-refractivity contribution in [2.75, 3.05) is 25.1 Å². The second-order valence-electron chi connectivity index (χ2n) is 11.1. The second kappa shape index (κ2) is 12.9. The van der Waals surface area contributed by atoms with E-state index in [2.05, 4.69) is 10.6 Å². The van der Waals surface area contributed by atoms with E-state index < -0.39 is 6.10 Å². The molecule has 0 radical (unpaired) electrons. The zero-order valence-electron chi connectivity index (χ0n) is 23.4. The number of anilines is 1. The molecule has 2 amide bonds. The summed E-state index contributed by atoms with van der Waals surface area (Å²) in [6, 6.07) is 22.8.